The van der Waals surface area contributed by atoms with Crippen molar-refractivity contribution in [3.05, 3.63) is 42.3 Å². The minimum Gasteiger partial charge on any atom is -0.444 e. The van der Waals surface area contributed by atoms with E-state index in [9.17, 15) is 0 Å². The summed E-state index contributed by atoms with van der Waals surface area (Å²) in [4.78, 5) is 4.48. The molecule has 16 heavy (non-hydrogen) atoms. The quantitative estimate of drug-likeness (QED) is 0.857. The van der Waals surface area contributed by atoms with Crippen LogP contribution in [0.3, 0.4) is 0 Å². The van der Waals surface area contributed by atoms with Crippen molar-refractivity contribution >= 4 is 0 Å². The number of benzene rings is 1. The highest BCUT2D eigenvalue weighted by Crippen LogP contribution is 2.25. The number of oxazole rings is 1. The van der Waals surface area contributed by atoms with Crippen LogP contribution < -0.4 is 5.73 Å². The van der Waals surface area contributed by atoms with Gasteiger partial charge in [-0.25, -0.2) is 4.98 Å². The van der Waals surface area contributed by atoms with Crippen LogP contribution in [0, 0.1) is 0 Å². The van der Waals surface area contributed by atoms with Crippen molar-refractivity contribution < 1.29 is 4.42 Å². The third-order valence-corrected chi connectivity index (χ3v) is 2.73. The maximum absolute atomic E-state index is 5.70. The van der Waals surface area contributed by atoms with Gasteiger partial charge in [-0.15, -0.1) is 0 Å². The van der Waals surface area contributed by atoms with Gasteiger partial charge in [0.25, 0.3) is 0 Å². The maximum atomic E-state index is 5.70. The van der Waals surface area contributed by atoms with Crippen LogP contribution in [-0.2, 0) is 5.41 Å². The lowest BCUT2D eigenvalue weighted by Crippen LogP contribution is -2.28. The average molecular weight is 216 g/mol. The fourth-order valence-corrected chi connectivity index (χ4v) is 1.40. The summed E-state index contributed by atoms with van der Waals surface area (Å²) in [7, 11) is 0. The Balaban J connectivity index is 2.34. The van der Waals surface area contributed by atoms with Crippen LogP contribution in [0.15, 0.2) is 41.0 Å². The molecule has 2 N–H and O–H groups in total. The first-order chi connectivity index (χ1) is 7.63. The molecule has 0 amide bonds. The molecule has 3 heteroatoms. The third kappa shape index (κ3) is 1.99. The van der Waals surface area contributed by atoms with E-state index in [0.717, 1.165) is 11.3 Å². The first-order valence-electron chi connectivity index (χ1n) is 5.35. The molecule has 1 aromatic carbocycles. The molecule has 0 saturated carbocycles. The standard InChI is InChI=1S/C13H16N2O/c1-13(2,9-14)11-8-16-12(15-11)10-6-4-3-5-7-10/h3-8H,9,14H2,1-2H3. The Hall–Kier alpha value is -1.61. The Kier molecular flexibility index (Phi) is 2.79. The van der Waals surface area contributed by atoms with E-state index >= 15 is 0 Å². The largest absolute Gasteiger partial charge is 0.444 e. The summed E-state index contributed by atoms with van der Waals surface area (Å²) in [6, 6.07) is 9.86. The zero-order chi connectivity index (χ0) is 11.6. The predicted molar refractivity (Wildman–Crippen MR) is 64.0 cm³/mol. The van der Waals surface area contributed by atoms with Gasteiger partial charge in [-0.3, -0.25) is 0 Å². The second-order valence-electron chi connectivity index (χ2n) is 4.49. The van der Waals surface area contributed by atoms with Crippen molar-refractivity contribution in [3.63, 3.8) is 0 Å². The lowest BCUT2D eigenvalue weighted by atomic mass is 9.90. The molecule has 1 aromatic heterocycles. The molecule has 2 rings (SSSR count). The number of nitrogens with zero attached hydrogens (tertiary/aromatic N) is 1. The molecular weight excluding hydrogens is 200 g/mol. The summed E-state index contributed by atoms with van der Waals surface area (Å²) in [6.45, 7) is 4.66. The van der Waals surface area contributed by atoms with E-state index in [0.29, 0.717) is 12.4 Å². The van der Waals surface area contributed by atoms with Gasteiger partial charge >= 0.3 is 0 Å². The van der Waals surface area contributed by atoms with Gasteiger partial charge in [0.05, 0.1) is 5.69 Å². The van der Waals surface area contributed by atoms with Crippen molar-refractivity contribution in [2.75, 3.05) is 6.54 Å². The van der Waals surface area contributed by atoms with E-state index < -0.39 is 0 Å². The molecule has 0 aliphatic heterocycles. The van der Waals surface area contributed by atoms with Crippen LogP contribution >= 0.6 is 0 Å². The van der Waals surface area contributed by atoms with Crippen LogP contribution in [0.5, 0.6) is 0 Å². The molecule has 2 aromatic rings. The predicted octanol–water partition coefficient (Wildman–Crippen LogP) is 2.58. The van der Waals surface area contributed by atoms with Crippen molar-refractivity contribution in [1.82, 2.24) is 4.98 Å². The molecule has 0 unspecified atom stereocenters. The number of hydrogen-bond donors (Lipinski definition) is 1. The maximum Gasteiger partial charge on any atom is 0.226 e. The van der Waals surface area contributed by atoms with Crippen LogP contribution in [0.25, 0.3) is 11.5 Å². The lowest BCUT2D eigenvalue weighted by Gasteiger charge is -2.18. The molecule has 0 aliphatic carbocycles. The van der Waals surface area contributed by atoms with Crippen molar-refractivity contribution in [1.29, 1.82) is 0 Å². The Morgan fingerprint density at radius 2 is 1.94 bits per heavy atom. The van der Waals surface area contributed by atoms with Crippen molar-refractivity contribution in [2.24, 2.45) is 5.73 Å². The number of nitrogens with two attached hydrogens (primary N) is 1. The average Bonchev–Trinajstić information content (AvgIpc) is 2.80. The Labute approximate surface area is 95.3 Å². The van der Waals surface area contributed by atoms with Crippen LogP contribution in [0.4, 0.5) is 0 Å². The fourth-order valence-electron chi connectivity index (χ4n) is 1.40. The summed E-state index contributed by atoms with van der Waals surface area (Å²) in [5.41, 5.74) is 7.45. The molecular formula is C13H16N2O. The summed E-state index contributed by atoms with van der Waals surface area (Å²) < 4.78 is 5.47. The molecule has 0 saturated heterocycles. The Morgan fingerprint density at radius 1 is 1.25 bits per heavy atom. The van der Waals surface area contributed by atoms with E-state index in [2.05, 4.69) is 18.8 Å². The van der Waals surface area contributed by atoms with Gasteiger partial charge < -0.3 is 10.2 Å². The molecule has 1 heterocycles. The van der Waals surface area contributed by atoms with Crippen LogP contribution in [0.2, 0.25) is 0 Å². The zero-order valence-electron chi connectivity index (χ0n) is 9.60. The van der Waals surface area contributed by atoms with E-state index in [1.165, 1.54) is 0 Å². The third-order valence-electron chi connectivity index (χ3n) is 2.73. The van der Waals surface area contributed by atoms with Gasteiger partial charge in [0.15, 0.2) is 0 Å². The molecule has 0 radical (unpaired) electrons. The van der Waals surface area contributed by atoms with Gasteiger partial charge in [-0.05, 0) is 12.1 Å². The first-order valence-corrected chi connectivity index (χ1v) is 5.35. The second-order valence-corrected chi connectivity index (χ2v) is 4.49. The smallest absolute Gasteiger partial charge is 0.226 e. The summed E-state index contributed by atoms with van der Waals surface area (Å²) >= 11 is 0. The van der Waals surface area contributed by atoms with Crippen LogP contribution in [0.1, 0.15) is 19.5 Å². The highest BCUT2D eigenvalue weighted by molar-refractivity contribution is 5.52. The highest BCUT2D eigenvalue weighted by atomic mass is 16.3. The number of hydrogen-bond acceptors (Lipinski definition) is 3. The lowest BCUT2D eigenvalue weighted by molar-refractivity contribution is 0.512. The fraction of sp³-hybridized carbons (Fsp3) is 0.308. The molecule has 0 bridgehead atoms. The van der Waals surface area contributed by atoms with Gasteiger partial charge in [0.1, 0.15) is 6.26 Å². The minimum absolute atomic E-state index is 0.142. The highest BCUT2D eigenvalue weighted by Gasteiger charge is 2.23. The molecule has 0 spiro atoms. The SMILES string of the molecule is CC(C)(CN)c1coc(-c2ccccc2)n1. The molecule has 0 atom stereocenters. The van der Waals surface area contributed by atoms with E-state index in [4.69, 9.17) is 10.2 Å². The van der Waals surface area contributed by atoms with Gasteiger partial charge in [-0.2, -0.15) is 0 Å². The Morgan fingerprint density at radius 3 is 2.56 bits per heavy atom. The van der Waals surface area contributed by atoms with Gasteiger partial charge in [-0.1, -0.05) is 32.0 Å². The number of rotatable bonds is 3. The summed E-state index contributed by atoms with van der Waals surface area (Å²) in [5, 5.41) is 0. The molecule has 3 nitrogen and oxygen atoms in total. The van der Waals surface area contributed by atoms with Gasteiger partial charge in [0.2, 0.25) is 5.89 Å². The van der Waals surface area contributed by atoms with Gasteiger partial charge in [0, 0.05) is 17.5 Å². The topological polar surface area (TPSA) is 52.0 Å². The van der Waals surface area contributed by atoms with E-state index in [1.807, 2.05) is 30.3 Å². The van der Waals surface area contributed by atoms with Crippen LogP contribution in [-0.4, -0.2) is 11.5 Å². The monoisotopic (exact) mass is 216 g/mol. The van der Waals surface area contributed by atoms with E-state index in [-0.39, 0.29) is 5.41 Å². The Bertz CT molecular complexity index is 460. The second kappa shape index (κ2) is 4.10. The zero-order valence-corrected chi connectivity index (χ0v) is 9.60. The molecule has 84 valence electrons. The first kappa shape index (κ1) is 10.9. The normalized spacial score (nSPS) is 11.7. The summed E-state index contributed by atoms with van der Waals surface area (Å²) in [5.74, 6) is 0.650. The van der Waals surface area contributed by atoms with Crippen molar-refractivity contribution in [2.45, 2.75) is 19.3 Å². The molecule has 0 aliphatic rings. The minimum atomic E-state index is -0.142. The molecule has 0 fully saturated rings. The summed E-state index contributed by atoms with van der Waals surface area (Å²) in [6.07, 6.45) is 1.69. The number of aromatic nitrogens is 1. The van der Waals surface area contributed by atoms with E-state index in [1.54, 1.807) is 6.26 Å². The van der Waals surface area contributed by atoms with Crippen molar-refractivity contribution in [3.8, 4) is 11.5 Å².